The molecule has 0 spiro atoms. The minimum absolute atomic E-state index is 0.00967. The lowest BCUT2D eigenvalue weighted by Crippen LogP contribution is -2.37. The van der Waals surface area contributed by atoms with Gasteiger partial charge in [0.05, 0.1) is 4.90 Å². The summed E-state index contributed by atoms with van der Waals surface area (Å²) >= 11 is 0. The molecule has 1 amide bonds. The Morgan fingerprint density at radius 1 is 1.06 bits per heavy atom. The molecule has 1 aliphatic heterocycles. The summed E-state index contributed by atoms with van der Waals surface area (Å²) in [5.74, 6) is -0.776. The minimum Gasteiger partial charge on any atom is -0.403 e. The average molecular weight is 499 g/mol. The molecule has 2 bridgehead atoms. The minimum atomic E-state index is -3.68. The quantitative estimate of drug-likeness (QED) is 0.546. The number of hydrogen-bond donors (Lipinski definition) is 1. The van der Waals surface area contributed by atoms with Crippen molar-refractivity contribution in [2.75, 3.05) is 11.9 Å². The van der Waals surface area contributed by atoms with Crippen molar-refractivity contribution in [3.63, 3.8) is 0 Å². The van der Waals surface area contributed by atoms with Gasteiger partial charge in [0.2, 0.25) is 15.9 Å². The molecular formula is C25H27FN4O4S. The Hall–Kier alpha value is -3.11. The van der Waals surface area contributed by atoms with Gasteiger partial charge in [-0.25, -0.2) is 12.8 Å². The molecule has 1 saturated carbocycles. The molecule has 0 radical (unpaired) electrons. The fraction of sp³-hybridized carbons (Fsp3) is 0.400. The molecule has 2 heterocycles. The van der Waals surface area contributed by atoms with Crippen LogP contribution in [0.2, 0.25) is 0 Å². The fourth-order valence-electron chi connectivity index (χ4n) is 5.76. The van der Waals surface area contributed by atoms with E-state index in [1.165, 1.54) is 48.5 Å². The summed E-state index contributed by atoms with van der Waals surface area (Å²) in [5.41, 5.74) is 0.849. The molecule has 1 aliphatic carbocycles. The van der Waals surface area contributed by atoms with Crippen LogP contribution in [0.4, 0.5) is 10.4 Å². The zero-order valence-corrected chi connectivity index (χ0v) is 20.6. The smallest absolute Gasteiger partial charge is 0.322 e. The van der Waals surface area contributed by atoms with Crippen molar-refractivity contribution in [1.29, 1.82) is 0 Å². The van der Waals surface area contributed by atoms with Crippen LogP contribution >= 0.6 is 0 Å². The second-order valence-electron chi connectivity index (χ2n) is 10.7. The topological polar surface area (TPSA) is 105 Å². The van der Waals surface area contributed by atoms with Crippen LogP contribution in [0.5, 0.6) is 0 Å². The molecule has 3 aromatic rings. The van der Waals surface area contributed by atoms with Crippen LogP contribution in [0.15, 0.2) is 57.8 Å². The third kappa shape index (κ3) is 4.60. The maximum absolute atomic E-state index is 13.4. The first kappa shape index (κ1) is 23.6. The standard InChI is InChI=1S/C25H27FN4O4S/c1-24(2)12-19-13-25(3,14-24)15-30(19)35(32,33)20-10-6-16(7-11-20)21(31)27-23-29-28-22(34-23)17-4-8-18(26)9-5-17/h4-11,19H,12-15H2,1-3H3,(H,27,29,31). The van der Waals surface area contributed by atoms with Gasteiger partial charge in [-0.1, -0.05) is 25.9 Å². The molecule has 1 N–H and O–H groups in total. The van der Waals surface area contributed by atoms with Crippen LogP contribution in [0.25, 0.3) is 11.5 Å². The van der Waals surface area contributed by atoms with Gasteiger partial charge in [0, 0.05) is 23.7 Å². The predicted molar refractivity (Wildman–Crippen MR) is 128 cm³/mol. The van der Waals surface area contributed by atoms with Gasteiger partial charge in [0.25, 0.3) is 5.91 Å². The summed E-state index contributed by atoms with van der Waals surface area (Å²) in [4.78, 5) is 12.8. The number of rotatable bonds is 5. The van der Waals surface area contributed by atoms with E-state index >= 15 is 0 Å². The van der Waals surface area contributed by atoms with E-state index in [1.54, 1.807) is 4.31 Å². The SMILES string of the molecule is CC1(C)CC2CC(C)(CN2S(=O)(=O)c2ccc(C(=O)Nc3nnc(-c4ccc(F)cc4)o3)cc2)C1. The molecule has 2 aliphatic rings. The largest absolute Gasteiger partial charge is 0.403 e. The maximum atomic E-state index is 13.4. The summed E-state index contributed by atoms with van der Waals surface area (Å²) in [6.45, 7) is 7.09. The van der Waals surface area contributed by atoms with Crippen LogP contribution in [0.3, 0.4) is 0 Å². The number of nitrogens with one attached hydrogen (secondary N) is 1. The van der Waals surface area contributed by atoms with E-state index in [1.807, 2.05) is 0 Å². The number of aromatic nitrogens is 2. The molecule has 35 heavy (non-hydrogen) atoms. The Morgan fingerprint density at radius 3 is 2.43 bits per heavy atom. The lowest BCUT2D eigenvalue weighted by atomic mass is 9.65. The number of carbonyl (C=O) groups excluding carboxylic acids is 1. The van der Waals surface area contributed by atoms with Crippen molar-refractivity contribution in [1.82, 2.24) is 14.5 Å². The van der Waals surface area contributed by atoms with Gasteiger partial charge < -0.3 is 4.42 Å². The molecular weight excluding hydrogens is 471 g/mol. The van der Waals surface area contributed by atoms with E-state index in [-0.39, 0.29) is 39.2 Å². The van der Waals surface area contributed by atoms with E-state index in [4.69, 9.17) is 4.42 Å². The number of sulfonamides is 1. The molecule has 184 valence electrons. The van der Waals surface area contributed by atoms with Crippen molar-refractivity contribution < 1.29 is 22.0 Å². The first-order chi connectivity index (χ1) is 16.4. The van der Waals surface area contributed by atoms with Gasteiger partial charge in [-0.15, -0.1) is 5.10 Å². The highest BCUT2D eigenvalue weighted by Crippen LogP contribution is 2.53. The van der Waals surface area contributed by atoms with Crippen molar-refractivity contribution in [3.8, 4) is 11.5 Å². The van der Waals surface area contributed by atoms with Crippen molar-refractivity contribution >= 4 is 21.9 Å². The number of halogens is 1. The number of hydrogen-bond acceptors (Lipinski definition) is 6. The van der Waals surface area contributed by atoms with Crippen LogP contribution in [-0.2, 0) is 10.0 Å². The number of anilines is 1. The Morgan fingerprint density at radius 2 is 1.74 bits per heavy atom. The predicted octanol–water partition coefficient (Wildman–Crippen LogP) is 4.72. The average Bonchev–Trinajstić information content (AvgIpc) is 3.35. The third-order valence-corrected chi connectivity index (χ3v) is 8.74. The van der Waals surface area contributed by atoms with Gasteiger partial charge in [-0.05, 0) is 78.6 Å². The fourth-order valence-corrected chi connectivity index (χ4v) is 7.53. The zero-order valence-electron chi connectivity index (χ0n) is 19.8. The van der Waals surface area contributed by atoms with Gasteiger partial charge in [-0.2, -0.15) is 4.31 Å². The van der Waals surface area contributed by atoms with E-state index < -0.39 is 21.7 Å². The number of nitrogens with zero attached hydrogens (tertiary/aromatic N) is 3. The van der Waals surface area contributed by atoms with Gasteiger partial charge in [0.15, 0.2) is 0 Å². The molecule has 2 fully saturated rings. The Labute approximate surface area is 203 Å². The van der Waals surface area contributed by atoms with Gasteiger partial charge >= 0.3 is 6.01 Å². The first-order valence-corrected chi connectivity index (χ1v) is 12.9. The molecule has 8 nitrogen and oxygen atoms in total. The molecule has 2 aromatic carbocycles. The monoisotopic (exact) mass is 498 g/mol. The van der Waals surface area contributed by atoms with Crippen molar-refractivity contribution in [2.24, 2.45) is 10.8 Å². The van der Waals surface area contributed by atoms with Crippen molar-refractivity contribution in [2.45, 2.75) is 51.0 Å². The van der Waals surface area contributed by atoms with Crippen LogP contribution < -0.4 is 5.32 Å². The number of carbonyl (C=O) groups is 1. The van der Waals surface area contributed by atoms with Gasteiger partial charge in [0.1, 0.15) is 5.82 Å². The third-order valence-electron chi connectivity index (χ3n) is 6.83. The molecule has 2 atom stereocenters. The Kier molecular flexibility index (Phi) is 5.56. The normalized spacial score (nSPS) is 23.8. The second kappa shape index (κ2) is 8.23. The lowest BCUT2D eigenvalue weighted by molar-refractivity contribution is 0.102. The number of benzene rings is 2. The van der Waals surface area contributed by atoms with Crippen LogP contribution in [0, 0.1) is 16.6 Å². The van der Waals surface area contributed by atoms with E-state index in [9.17, 15) is 17.6 Å². The summed E-state index contributed by atoms with van der Waals surface area (Å²) in [5, 5.41) is 10.2. The highest BCUT2D eigenvalue weighted by molar-refractivity contribution is 7.89. The van der Waals surface area contributed by atoms with E-state index in [2.05, 4.69) is 36.3 Å². The van der Waals surface area contributed by atoms with Crippen molar-refractivity contribution in [3.05, 3.63) is 59.9 Å². The van der Waals surface area contributed by atoms with E-state index in [0.29, 0.717) is 12.1 Å². The van der Waals surface area contributed by atoms with Crippen LogP contribution in [0.1, 0.15) is 50.4 Å². The Bertz CT molecular complexity index is 1370. The van der Waals surface area contributed by atoms with Gasteiger partial charge in [-0.3, -0.25) is 10.1 Å². The molecule has 1 aromatic heterocycles. The highest BCUT2D eigenvalue weighted by atomic mass is 32.2. The highest BCUT2D eigenvalue weighted by Gasteiger charge is 2.53. The zero-order chi connectivity index (χ0) is 25.0. The lowest BCUT2D eigenvalue weighted by Gasteiger charge is -2.39. The summed E-state index contributed by atoms with van der Waals surface area (Å²) < 4.78 is 47.0. The summed E-state index contributed by atoms with van der Waals surface area (Å²) in [6, 6.07) is 11.2. The van der Waals surface area contributed by atoms with E-state index in [0.717, 1.165) is 19.3 Å². The van der Waals surface area contributed by atoms with Crippen LogP contribution in [-0.4, -0.2) is 41.4 Å². The summed E-state index contributed by atoms with van der Waals surface area (Å²) in [6.07, 6.45) is 2.72. The number of amides is 1. The molecule has 5 rings (SSSR count). The maximum Gasteiger partial charge on any atom is 0.322 e. The Balaban J connectivity index is 1.29. The first-order valence-electron chi connectivity index (χ1n) is 11.5. The molecule has 1 saturated heterocycles. The molecule has 2 unspecified atom stereocenters. The second-order valence-corrected chi connectivity index (χ2v) is 12.6. The number of fused-ring (bicyclic) bond motifs is 2. The molecule has 10 heteroatoms. The summed E-state index contributed by atoms with van der Waals surface area (Å²) in [7, 11) is -3.68.